The van der Waals surface area contributed by atoms with Crippen molar-refractivity contribution in [2.75, 3.05) is 18.2 Å². The Morgan fingerprint density at radius 2 is 2.24 bits per heavy atom. The molecule has 1 aromatic heterocycles. The number of nitrogens with one attached hydrogen (secondary N) is 1. The first-order valence-corrected chi connectivity index (χ1v) is 5.35. The molecule has 2 aromatic rings. The highest BCUT2D eigenvalue weighted by atomic mass is 16.5. The van der Waals surface area contributed by atoms with E-state index in [1.807, 2.05) is 31.3 Å². The molecule has 0 spiro atoms. The fourth-order valence-corrected chi connectivity index (χ4v) is 1.60. The third kappa shape index (κ3) is 2.50. The van der Waals surface area contributed by atoms with E-state index in [1.165, 1.54) is 0 Å². The van der Waals surface area contributed by atoms with Gasteiger partial charge in [-0.05, 0) is 23.8 Å². The van der Waals surface area contributed by atoms with Crippen molar-refractivity contribution in [2.24, 2.45) is 7.05 Å². The van der Waals surface area contributed by atoms with Crippen molar-refractivity contribution in [2.45, 2.75) is 6.54 Å². The summed E-state index contributed by atoms with van der Waals surface area (Å²) in [7, 11) is 3.53. The lowest BCUT2D eigenvalue weighted by molar-refractivity contribution is 0.414. The van der Waals surface area contributed by atoms with E-state index in [1.54, 1.807) is 18.0 Å². The van der Waals surface area contributed by atoms with E-state index in [4.69, 9.17) is 10.5 Å². The minimum absolute atomic E-state index is 0.641. The summed E-state index contributed by atoms with van der Waals surface area (Å²) in [6.45, 7) is 0.641. The minimum Gasteiger partial charge on any atom is -0.497 e. The van der Waals surface area contributed by atoms with Crippen LogP contribution in [0.2, 0.25) is 0 Å². The van der Waals surface area contributed by atoms with Crippen molar-refractivity contribution in [1.82, 2.24) is 9.78 Å². The predicted molar refractivity (Wildman–Crippen MR) is 67.9 cm³/mol. The maximum atomic E-state index is 5.90. The number of methoxy groups -OCH3 is 1. The minimum atomic E-state index is 0.641. The number of rotatable bonds is 4. The van der Waals surface area contributed by atoms with E-state index in [0.29, 0.717) is 6.54 Å². The molecule has 0 amide bonds. The topological polar surface area (TPSA) is 65.1 Å². The van der Waals surface area contributed by atoms with Crippen LogP contribution < -0.4 is 15.8 Å². The molecule has 0 saturated carbocycles. The van der Waals surface area contributed by atoms with E-state index in [0.717, 1.165) is 22.8 Å². The molecule has 0 aliphatic carbocycles. The number of nitrogens with zero attached hydrogens (tertiary/aromatic N) is 2. The van der Waals surface area contributed by atoms with Crippen molar-refractivity contribution in [3.8, 4) is 5.75 Å². The summed E-state index contributed by atoms with van der Waals surface area (Å²) in [5, 5.41) is 7.35. The molecule has 3 N–H and O–H groups in total. The average Bonchev–Trinajstić information content (AvgIpc) is 2.74. The van der Waals surface area contributed by atoms with Gasteiger partial charge in [-0.25, -0.2) is 0 Å². The fourth-order valence-electron chi connectivity index (χ4n) is 1.60. The molecule has 0 fully saturated rings. The number of nitrogen functional groups attached to an aromatic ring is 1. The monoisotopic (exact) mass is 232 g/mol. The molecule has 0 radical (unpaired) electrons. The highest BCUT2D eigenvalue weighted by Gasteiger charge is 2.03. The Morgan fingerprint density at radius 1 is 1.41 bits per heavy atom. The van der Waals surface area contributed by atoms with E-state index in [-0.39, 0.29) is 0 Å². The molecular weight excluding hydrogens is 216 g/mol. The molecule has 0 atom stereocenters. The highest BCUT2D eigenvalue weighted by Crippen LogP contribution is 2.20. The number of benzene rings is 1. The molecule has 90 valence electrons. The molecule has 0 aliphatic heterocycles. The van der Waals surface area contributed by atoms with Gasteiger partial charge in [-0.1, -0.05) is 0 Å². The first-order chi connectivity index (χ1) is 8.20. The molecule has 2 rings (SSSR count). The van der Waals surface area contributed by atoms with Gasteiger partial charge in [-0.15, -0.1) is 0 Å². The first-order valence-electron chi connectivity index (χ1n) is 5.35. The van der Waals surface area contributed by atoms with Gasteiger partial charge in [-0.2, -0.15) is 5.10 Å². The highest BCUT2D eigenvalue weighted by molar-refractivity contribution is 5.52. The van der Waals surface area contributed by atoms with Gasteiger partial charge in [-0.3, -0.25) is 4.68 Å². The molecule has 0 saturated heterocycles. The van der Waals surface area contributed by atoms with Gasteiger partial charge in [0, 0.05) is 25.3 Å². The number of nitrogens with two attached hydrogens (primary N) is 1. The lowest BCUT2D eigenvalue weighted by atomic mass is 10.1. The van der Waals surface area contributed by atoms with Crippen molar-refractivity contribution in [3.05, 3.63) is 36.0 Å². The average molecular weight is 232 g/mol. The van der Waals surface area contributed by atoms with Crippen LogP contribution in [0.5, 0.6) is 5.75 Å². The molecule has 0 unspecified atom stereocenters. The van der Waals surface area contributed by atoms with Crippen LogP contribution in [0.3, 0.4) is 0 Å². The molecule has 0 bridgehead atoms. The van der Waals surface area contributed by atoms with Gasteiger partial charge in [0.1, 0.15) is 11.6 Å². The van der Waals surface area contributed by atoms with Gasteiger partial charge in [0.25, 0.3) is 0 Å². The quantitative estimate of drug-likeness (QED) is 0.786. The Bertz CT molecular complexity index is 507. The van der Waals surface area contributed by atoms with E-state index < -0.39 is 0 Å². The number of anilines is 2. The standard InChI is InChI=1S/C12H16N4O/c1-16-12(5-6-15-16)14-8-9-7-10(17-2)3-4-11(9)13/h3-7,14H,8,13H2,1-2H3. The summed E-state index contributed by atoms with van der Waals surface area (Å²) >= 11 is 0. The maximum Gasteiger partial charge on any atom is 0.124 e. The second kappa shape index (κ2) is 4.78. The lowest BCUT2D eigenvalue weighted by Crippen LogP contribution is -2.06. The van der Waals surface area contributed by atoms with Crippen LogP contribution in [0.25, 0.3) is 0 Å². The van der Waals surface area contributed by atoms with Crippen molar-refractivity contribution < 1.29 is 4.74 Å². The number of ether oxygens (including phenoxy) is 1. The third-order valence-corrected chi connectivity index (χ3v) is 2.63. The molecular formula is C12H16N4O. The van der Waals surface area contributed by atoms with Crippen molar-refractivity contribution in [1.29, 1.82) is 0 Å². The lowest BCUT2D eigenvalue weighted by Gasteiger charge is -2.10. The summed E-state index contributed by atoms with van der Waals surface area (Å²) in [5.41, 5.74) is 7.66. The van der Waals surface area contributed by atoms with Crippen LogP contribution in [-0.4, -0.2) is 16.9 Å². The van der Waals surface area contributed by atoms with Crippen LogP contribution in [-0.2, 0) is 13.6 Å². The van der Waals surface area contributed by atoms with E-state index in [9.17, 15) is 0 Å². The number of aryl methyl sites for hydroxylation is 1. The van der Waals surface area contributed by atoms with Crippen LogP contribution >= 0.6 is 0 Å². The summed E-state index contributed by atoms with van der Waals surface area (Å²) in [5.74, 6) is 1.76. The van der Waals surface area contributed by atoms with E-state index in [2.05, 4.69) is 10.4 Å². The van der Waals surface area contributed by atoms with Gasteiger partial charge < -0.3 is 15.8 Å². The summed E-state index contributed by atoms with van der Waals surface area (Å²) in [4.78, 5) is 0. The number of hydrogen-bond donors (Lipinski definition) is 2. The molecule has 5 nitrogen and oxygen atoms in total. The first kappa shape index (κ1) is 11.3. The SMILES string of the molecule is COc1ccc(N)c(CNc2ccnn2C)c1. The fraction of sp³-hybridized carbons (Fsp3) is 0.250. The number of aromatic nitrogens is 2. The molecule has 1 aromatic carbocycles. The smallest absolute Gasteiger partial charge is 0.124 e. The van der Waals surface area contributed by atoms with Gasteiger partial charge >= 0.3 is 0 Å². The second-order valence-electron chi connectivity index (χ2n) is 3.76. The largest absolute Gasteiger partial charge is 0.497 e. The Hall–Kier alpha value is -2.17. The maximum absolute atomic E-state index is 5.90. The Kier molecular flexibility index (Phi) is 3.18. The van der Waals surface area contributed by atoms with Crippen molar-refractivity contribution >= 4 is 11.5 Å². The van der Waals surface area contributed by atoms with Gasteiger partial charge in [0.2, 0.25) is 0 Å². The summed E-state index contributed by atoms with van der Waals surface area (Å²) < 4.78 is 6.94. The van der Waals surface area contributed by atoms with Crippen LogP contribution in [0.4, 0.5) is 11.5 Å². The molecule has 17 heavy (non-hydrogen) atoms. The van der Waals surface area contributed by atoms with Gasteiger partial charge in [0.15, 0.2) is 0 Å². The molecule has 1 heterocycles. The Balaban J connectivity index is 2.11. The zero-order valence-electron chi connectivity index (χ0n) is 9.97. The van der Waals surface area contributed by atoms with Crippen LogP contribution in [0.1, 0.15) is 5.56 Å². The van der Waals surface area contributed by atoms with Crippen LogP contribution in [0, 0.1) is 0 Å². The predicted octanol–water partition coefficient (Wildman–Crippen LogP) is 1.62. The zero-order chi connectivity index (χ0) is 12.3. The van der Waals surface area contributed by atoms with Gasteiger partial charge in [0.05, 0.1) is 13.3 Å². The normalized spacial score (nSPS) is 10.2. The zero-order valence-corrected chi connectivity index (χ0v) is 9.97. The molecule has 0 aliphatic rings. The Morgan fingerprint density at radius 3 is 2.88 bits per heavy atom. The summed E-state index contributed by atoms with van der Waals surface area (Å²) in [6.07, 6.45) is 1.75. The van der Waals surface area contributed by atoms with Crippen LogP contribution in [0.15, 0.2) is 30.5 Å². The third-order valence-electron chi connectivity index (χ3n) is 2.63. The van der Waals surface area contributed by atoms with Crippen molar-refractivity contribution in [3.63, 3.8) is 0 Å². The number of hydrogen-bond acceptors (Lipinski definition) is 4. The van der Waals surface area contributed by atoms with E-state index >= 15 is 0 Å². The second-order valence-corrected chi connectivity index (χ2v) is 3.76. The summed E-state index contributed by atoms with van der Waals surface area (Å²) in [6, 6.07) is 7.54. The Labute approximate surface area is 100 Å². The molecule has 5 heteroatoms.